The molecule has 0 unspecified atom stereocenters. The average Bonchev–Trinajstić information content (AvgIpc) is 2.65. The zero-order valence-electron chi connectivity index (χ0n) is 18.9. The Bertz CT molecular complexity index is 693. The predicted octanol–water partition coefficient (Wildman–Crippen LogP) is 5.37. The molecule has 0 bridgehead atoms. The van der Waals surface area contributed by atoms with Gasteiger partial charge in [0.25, 0.3) is 6.47 Å². The van der Waals surface area contributed by atoms with E-state index in [1.807, 2.05) is 13.8 Å². The highest BCUT2D eigenvalue weighted by atomic mass is 16.5. The maximum Gasteiger partial charge on any atom is 0.309 e. The van der Waals surface area contributed by atoms with Gasteiger partial charge in [-0.15, -0.1) is 0 Å². The molecule has 30 heavy (non-hydrogen) atoms. The molecule has 1 rings (SSSR count). The number of phenols is 2. The number of hydrogen-bond acceptors (Lipinski definition) is 5. The second-order valence-corrected chi connectivity index (χ2v) is 9.36. The van der Waals surface area contributed by atoms with Crippen LogP contribution >= 0.6 is 0 Å². The second-order valence-electron chi connectivity index (χ2n) is 9.36. The summed E-state index contributed by atoms with van der Waals surface area (Å²) in [5.41, 5.74) is 0.217. The molecule has 0 aliphatic rings. The number of carbonyl (C=O) groups excluding carboxylic acids is 1. The third-order valence-electron chi connectivity index (χ3n) is 5.74. The van der Waals surface area contributed by atoms with Crippen LogP contribution in [0.4, 0.5) is 0 Å². The zero-order chi connectivity index (χ0) is 22.8. The highest BCUT2D eigenvalue weighted by Crippen LogP contribution is 2.33. The van der Waals surface area contributed by atoms with Gasteiger partial charge in [0.2, 0.25) is 0 Å². The molecule has 1 aromatic carbocycles. The van der Waals surface area contributed by atoms with Gasteiger partial charge in [-0.2, -0.15) is 0 Å². The Kier molecular flexibility index (Phi) is 10.2. The number of rotatable bonds is 15. The van der Waals surface area contributed by atoms with E-state index in [-0.39, 0.29) is 11.5 Å². The Hall–Kier alpha value is -2.24. The minimum atomic E-state index is -0.760. The van der Waals surface area contributed by atoms with Gasteiger partial charge >= 0.3 is 5.97 Å². The van der Waals surface area contributed by atoms with Crippen molar-refractivity contribution in [3.05, 3.63) is 23.3 Å². The summed E-state index contributed by atoms with van der Waals surface area (Å²) in [6.07, 6.45) is 7.95. The summed E-state index contributed by atoms with van der Waals surface area (Å²) in [6, 6.07) is 3.40. The molecule has 0 aliphatic carbocycles. The number of aromatic hydroxyl groups is 2. The first-order valence-electron chi connectivity index (χ1n) is 10.9. The van der Waals surface area contributed by atoms with E-state index < -0.39 is 17.0 Å². The molecule has 0 saturated heterocycles. The summed E-state index contributed by atoms with van der Waals surface area (Å²) in [4.78, 5) is 21.6. The van der Waals surface area contributed by atoms with E-state index in [2.05, 4.69) is 0 Å². The van der Waals surface area contributed by atoms with Crippen LogP contribution in [0, 0.1) is 5.41 Å². The Morgan fingerprint density at radius 2 is 1.53 bits per heavy atom. The van der Waals surface area contributed by atoms with Crippen LogP contribution in [0.1, 0.15) is 90.2 Å². The normalized spacial score (nSPS) is 12.0. The van der Waals surface area contributed by atoms with Crippen molar-refractivity contribution < 1.29 is 29.6 Å². The molecule has 0 saturated carbocycles. The third kappa shape index (κ3) is 8.64. The summed E-state index contributed by atoms with van der Waals surface area (Å²) >= 11 is 0. The Morgan fingerprint density at radius 1 is 0.933 bits per heavy atom. The number of aryl methyl sites for hydroxylation is 1. The summed E-state index contributed by atoms with van der Waals surface area (Å²) in [5, 5.41) is 29.9. The van der Waals surface area contributed by atoms with Crippen molar-refractivity contribution >= 4 is 12.4 Å². The van der Waals surface area contributed by atoms with Gasteiger partial charge in [-0.1, -0.05) is 25.3 Å². The van der Waals surface area contributed by atoms with Crippen molar-refractivity contribution in [2.45, 2.75) is 97.5 Å². The van der Waals surface area contributed by atoms with E-state index in [4.69, 9.17) is 9.84 Å². The molecule has 0 heterocycles. The number of carbonyl (C=O) groups is 2. The molecule has 170 valence electrons. The van der Waals surface area contributed by atoms with Gasteiger partial charge in [0, 0.05) is 5.56 Å². The SMILES string of the molecule is CC(C)(CCCCc1c(O)ccc(CCCCCCC(C)(C)C(=O)O)c1O)OC=O. The summed E-state index contributed by atoms with van der Waals surface area (Å²) in [7, 11) is 0. The molecule has 6 heteroatoms. The molecule has 6 nitrogen and oxygen atoms in total. The fraction of sp³-hybridized carbons (Fsp3) is 0.667. The van der Waals surface area contributed by atoms with Crippen molar-refractivity contribution in [3.8, 4) is 11.5 Å². The predicted molar refractivity (Wildman–Crippen MR) is 117 cm³/mol. The molecular weight excluding hydrogens is 384 g/mol. The lowest BCUT2D eigenvalue weighted by atomic mass is 9.87. The molecule has 3 N–H and O–H groups in total. The van der Waals surface area contributed by atoms with Crippen LogP contribution in [0.5, 0.6) is 11.5 Å². The van der Waals surface area contributed by atoms with Crippen LogP contribution in [0.2, 0.25) is 0 Å². The first-order chi connectivity index (χ1) is 14.0. The number of carboxylic acids is 1. The van der Waals surface area contributed by atoms with Crippen molar-refractivity contribution in [2.75, 3.05) is 0 Å². The lowest BCUT2D eigenvalue weighted by molar-refractivity contribution is -0.147. The van der Waals surface area contributed by atoms with Gasteiger partial charge in [-0.25, -0.2) is 0 Å². The lowest BCUT2D eigenvalue weighted by Crippen LogP contribution is -2.23. The van der Waals surface area contributed by atoms with Crippen LogP contribution in [0.15, 0.2) is 12.1 Å². The van der Waals surface area contributed by atoms with E-state index >= 15 is 0 Å². The number of phenolic OH excluding ortho intramolecular Hbond substituents is 2. The molecule has 0 radical (unpaired) electrons. The fourth-order valence-electron chi connectivity index (χ4n) is 3.51. The molecule has 0 fully saturated rings. The minimum absolute atomic E-state index is 0.107. The molecular formula is C24H38O6. The molecule has 0 atom stereocenters. The molecule has 0 spiro atoms. The van der Waals surface area contributed by atoms with Crippen LogP contribution in [0.25, 0.3) is 0 Å². The van der Waals surface area contributed by atoms with Crippen molar-refractivity contribution in [1.29, 1.82) is 0 Å². The minimum Gasteiger partial charge on any atom is -0.508 e. The largest absolute Gasteiger partial charge is 0.508 e. The van der Waals surface area contributed by atoms with Crippen LogP contribution in [-0.4, -0.2) is 33.4 Å². The first kappa shape index (κ1) is 25.8. The smallest absolute Gasteiger partial charge is 0.309 e. The van der Waals surface area contributed by atoms with Gasteiger partial charge in [0.05, 0.1) is 5.41 Å². The fourth-order valence-corrected chi connectivity index (χ4v) is 3.51. The third-order valence-corrected chi connectivity index (χ3v) is 5.74. The van der Waals surface area contributed by atoms with Crippen LogP contribution in [0.3, 0.4) is 0 Å². The van der Waals surface area contributed by atoms with Crippen LogP contribution < -0.4 is 0 Å². The van der Waals surface area contributed by atoms with E-state index in [0.717, 1.165) is 50.5 Å². The summed E-state index contributed by atoms with van der Waals surface area (Å²) in [5.74, 6) is -0.482. The highest BCUT2D eigenvalue weighted by molar-refractivity contribution is 5.73. The average molecular weight is 423 g/mol. The zero-order valence-corrected chi connectivity index (χ0v) is 18.9. The van der Waals surface area contributed by atoms with Crippen molar-refractivity contribution in [1.82, 2.24) is 0 Å². The Labute approximate surface area is 180 Å². The standard InChI is InChI=1S/C24H38O6/c1-23(2,22(28)29)15-9-6-5-7-11-18-13-14-20(26)19(21(18)27)12-8-10-16-24(3,4)30-17-25/h13-14,17,26-27H,5-12,15-16H2,1-4H3,(H,28,29). The lowest BCUT2D eigenvalue weighted by Gasteiger charge is -2.22. The number of unbranched alkanes of at least 4 members (excludes halogenated alkanes) is 4. The van der Waals surface area contributed by atoms with Crippen LogP contribution in [-0.2, 0) is 27.2 Å². The molecule has 0 aromatic heterocycles. The number of carboxylic acid groups (broad SMARTS) is 1. The highest BCUT2D eigenvalue weighted by Gasteiger charge is 2.26. The maximum atomic E-state index is 11.1. The topological polar surface area (TPSA) is 104 Å². The monoisotopic (exact) mass is 422 g/mol. The number of hydrogen-bond donors (Lipinski definition) is 3. The maximum absolute atomic E-state index is 11.1. The quantitative estimate of drug-likeness (QED) is 0.259. The molecule has 0 amide bonds. The van der Waals surface area contributed by atoms with Gasteiger partial charge in [0.15, 0.2) is 0 Å². The Balaban J connectivity index is 2.46. The van der Waals surface area contributed by atoms with Crippen molar-refractivity contribution in [3.63, 3.8) is 0 Å². The number of benzene rings is 1. The number of ether oxygens (including phenoxy) is 1. The van der Waals surface area contributed by atoms with Crippen molar-refractivity contribution in [2.24, 2.45) is 5.41 Å². The van der Waals surface area contributed by atoms with Gasteiger partial charge in [0.1, 0.15) is 17.1 Å². The summed E-state index contributed by atoms with van der Waals surface area (Å²) < 4.78 is 5.04. The van der Waals surface area contributed by atoms with Gasteiger partial charge in [-0.05, 0) is 84.3 Å². The molecule has 1 aromatic rings. The molecule has 0 aliphatic heterocycles. The second kappa shape index (κ2) is 11.8. The summed E-state index contributed by atoms with van der Waals surface area (Å²) in [6.45, 7) is 7.69. The van der Waals surface area contributed by atoms with Gasteiger partial charge in [-0.3, -0.25) is 9.59 Å². The number of aliphatic carboxylic acids is 1. The first-order valence-corrected chi connectivity index (χ1v) is 10.9. The van der Waals surface area contributed by atoms with E-state index in [9.17, 15) is 19.8 Å². The van der Waals surface area contributed by atoms with E-state index in [1.165, 1.54) is 0 Å². The Morgan fingerprint density at radius 3 is 2.17 bits per heavy atom. The van der Waals surface area contributed by atoms with E-state index in [0.29, 0.717) is 31.3 Å². The van der Waals surface area contributed by atoms with Gasteiger partial charge < -0.3 is 20.1 Å². The van der Waals surface area contributed by atoms with E-state index in [1.54, 1.807) is 26.0 Å².